The highest BCUT2D eigenvalue weighted by Gasteiger charge is 2.15. The van der Waals surface area contributed by atoms with E-state index in [0.29, 0.717) is 17.9 Å². The largest absolute Gasteiger partial charge is 0.464 e. The number of nitrogens with zero attached hydrogens (tertiary/aromatic N) is 1. The van der Waals surface area contributed by atoms with Crippen molar-refractivity contribution in [1.29, 1.82) is 0 Å². The summed E-state index contributed by atoms with van der Waals surface area (Å²) in [5, 5.41) is -0.0620. The molecule has 1 aromatic heterocycles. The van der Waals surface area contributed by atoms with Crippen molar-refractivity contribution in [3.63, 3.8) is 0 Å². The van der Waals surface area contributed by atoms with Crippen molar-refractivity contribution < 1.29 is 13.6 Å². The highest BCUT2D eigenvalue weighted by molar-refractivity contribution is 6.31. The number of rotatable bonds is 3. The van der Waals surface area contributed by atoms with Gasteiger partial charge < -0.3 is 9.32 Å². The van der Waals surface area contributed by atoms with Gasteiger partial charge in [0.05, 0.1) is 11.6 Å². The normalized spacial score (nSPS) is 10.5. The number of furan rings is 1. The Kier molecular flexibility index (Phi) is 3.90. The van der Waals surface area contributed by atoms with Gasteiger partial charge in [-0.1, -0.05) is 11.6 Å². The minimum atomic E-state index is -0.539. The second kappa shape index (κ2) is 5.45. The van der Waals surface area contributed by atoms with Gasteiger partial charge in [0.25, 0.3) is 5.91 Å². The van der Waals surface area contributed by atoms with Crippen LogP contribution in [0, 0.1) is 12.7 Å². The molecule has 0 saturated heterocycles. The van der Waals surface area contributed by atoms with E-state index in [2.05, 4.69) is 0 Å². The maximum absolute atomic E-state index is 13.0. The third-order valence-electron chi connectivity index (χ3n) is 2.70. The van der Waals surface area contributed by atoms with Gasteiger partial charge in [-0.25, -0.2) is 4.39 Å². The standard InChI is InChI=1S/C14H13ClFNO2/c1-9-3-5-11(19-9)8-17(2)14(18)10-4-6-13(16)12(15)7-10/h3-7H,8H2,1-2H3. The van der Waals surface area contributed by atoms with Gasteiger partial charge in [-0.3, -0.25) is 4.79 Å². The maximum Gasteiger partial charge on any atom is 0.254 e. The number of benzene rings is 1. The van der Waals surface area contributed by atoms with Gasteiger partial charge in [0.15, 0.2) is 0 Å². The van der Waals surface area contributed by atoms with E-state index in [1.165, 1.54) is 23.1 Å². The van der Waals surface area contributed by atoms with E-state index in [4.69, 9.17) is 16.0 Å². The fourth-order valence-electron chi connectivity index (χ4n) is 1.73. The molecule has 100 valence electrons. The molecule has 0 radical (unpaired) electrons. The lowest BCUT2D eigenvalue weighted by Crippen LogP contribution is -2.26. The molecular weight excluding hydrogens is 269 g/mol. The molecule has 3 nitrogen and oxygen atoms in total. The zero-order valence-corrected chi connectivity index (χ0v) is 11.4. The average molecular weight is 282 g/mol. The molecule has 0 aliphatic rings. The van der Waals surface area contributed by atoms with Crippen LogP contribution in [0.5, 0.6) is 0 Å². The SMILES string of the molecule is Cc1ccc(CN(C)C(=O)c2ccc(F)c(Cl)c2)o1. The molecule has 0 N–H and O–H groups in total. The number of halogens is 2. The Balaban J connectivity index is 2.12. The quantitative estimate of drug-likeness (QED) is 0.860. The second-order valence-electron chi connectivity index (χ2n) is 4.30. The first-order chi connectivity index (χ1) is 8.97. The maximum atomic E-state index is 13.0. The number of carbonyl (C=O) groups excluding carboxylic acids is 1. The molecule has 0 aliphatic carbocycles. The monoisotopic (exact) mass is 281 g/mol. The summed E-state index contributed by atoms with van der Waals surface area (Å²) in [7, 11) is 1.65. The predicted molar refractivity (Wildman–Crippen MR) is 70.7 cm³/mol. The Morgan fingerprint density at radius 3 is 2.68 bits per heavy atom. The van der Waals surface area contributed by atoms with Crippen molar-refractivity contribution in [3.8, 4) is 0 Å². The van der Waals surface area contributed by atoms with Crippen LogP contribution in [0.4, 0.5) is 4.39 Å². The van der Waals surface area contributed by atoms with Crippen molar-refractivity contribution in [2.75, 3.05) is 7.05 Å². The van der Waals surface area contributed by atoms with Crippen LogP contribution in [0.15, 0.2) is 34.7 Å². The van der Waals surface area contributed by atoms with Crippen molar-refractivity contribution >= 4 is 17.5 Å². The van der Waals surface area contributed by atoms with Gasteiger partial charge in [-0.05, 0) is 37.3 Å². The predicted octanol–water partition coefficient (Wildman–Crippen LogP) is 3.65. The smallest absolute Gasteiger partial charge is 0.254 e. The summed E-state index contributed by atoms with van der Waals surface area (Å²) < 4.78 is 18.4. The Bertz CT molecular complexity index is 609. The first kappa shape index (κ1) is 13.6. The first-order valence-corrected chi connectivity index (χ1v) is 6.11. The molecule has 1 amide bonds. The van der Waals surface area contributed by atoms with E-state index >= 15 is 0 Å². The molecule has 0 unspecified atom stereocenters. The molecule has 19 heavy (non-hydrogen) atoms. The molecule has 1 heterocycles. The Hall–Kier alpha value is -1.81. The van der Waals surface area contributed by atoms with Crippen molar-refractivity contribution in [3.05, 3.63) is 58.3 Å². The van der Waals surface area contributed by atoms with Gasteiger partial charge in [0.1, 0.15) is 17.3 Å². The highest BCUT2D eigenvalue weighted by atomic mass is 35.5. The van der Waals surface area contributed by atoms with Crippen molar-refractivity contribution in [2.24, 2.45) is 0 Å². The molecule has 0 spiro atoms. The molecule has 0 atom stereocenters. The lowest BCUT2D eigenvalue weighted by atomic mass is 10.2. The zero-order valence-electron chi connectivity index (χ0n) is 10.6. The molecule has 0 aliphatic heterocycles. The van der Waals surface area contributed by atoms with Gasteiger partial charge in [0.2, 0.25) is 0 Å². The fraction of sp³-hybridized carbons (Fsp3) is 0.214. The topological polar surface area (TPSA) is 33.5 Å². The van der Waals surface area contributed by atoms with Gasteiger partial charge in [-0.15, -0.1) is 0 Å². The number of aryl methyl sites for hydroxylation is 1. The van der Waals surface area contributed by atoms with Crippen LogP contribution >= 0.6 is 11.6 Å². The molecule has 0 bridgehead atoms. The number of hydrogen-bond donors (Lipinski definition) is 0. The van der Waals surface area contributed by atoms with Gasteiger partial charge in [0, 0.05) is 12.6 Å². The van der Waals surface area contributed by atoms with Crippen LogP contribution in [0.2, 0.25) is 5.02 Å². The molecule has 0 fully saturated rings. The summed E-state index contributed by atoms with van der Waals surface area (Å²) in [6, 6.07) is 7.57. The van der Waals surface area contributed by atoms with E-state index in [-0.39, 0.29) is 10.9 Å². The molecule has 0 saturated carbocycles. The van der Waals surface area contributed by atoms with Crippen LogP contribution in [0.1, 0.15) is 21.9 Å². The lowest BCUT2D eigenvalue weighted by Gasteiger charge is -2.16. The lowest BCUT2D eigenvalue weighted by molar-refractivity contribution is 0.0775. The van der Waals surface area contributed by atoms with Crippen molar-refractivity contribution in [1.82, 2.24) is 4.90 Å². The van der Waals surface area contributed by atoms with Crippen molar-refractivity contribution in [2.45, 2.75) is 13.5 Å². The first-order valence-electron chi connectivity index (χ1n) is 5.73. The summed E-state index contributed by atoms with van der Waals surface area (Å²) >= 11 is 5.66. The van der Waals surface area contributed by atoms with E-state index in [9.17, 15) is 9.18 Å². The minimum absolute atomic E-state index is 0.0620. The van der Waals surface area contributed by atoms with Crippen LogP contribution in [0.3, 0.4) is 0 Å². The third kappa shape index (κ3) is 3.15. The van der Waals surface area contributed by atoms with E-state index in [1.807, 2.05) is 19.1 Å². The number of carbonyl (C=O) groups is 1. The Morgan fingerprint density at radius 2 is 2.11 bits per heavy atom. The van der Waals surface area contributed by atoms with Crippen LogP contribution in [-0.4, -0.2) is 17.9 Å². The summed E-state index contributed by atoms with van der Waals surface area (Å²) in [6.45, 7) is 2.19. The molecule has 5 heteroatoms. The molecule has 2 rings (SSSR count). The van der Waals surface area contributed by atoms with Crippen LogP contribution in [0.25, 0.3) is 0 Å². The number of amides is 1. The summed E-state index contributed by atoms with van der Waals surface area (Å²) in [5.74, 6) is 0.709. The van der Waals surface area contributed by atoms with Crippen LogP contribution < -0.4 is 0 Å². The fourth-order valence-corrected chi connectivity index (χ4v) is 1.91. The summed E-state index contributed by atoms with van der Waals surface area (Å²) in [4.78, 5) is 13.6. The molecule has 1 aromatic carbocycles. The zero-order chi connectivity index (χ0) is 14.0. The van der Waals surface area contributed by atoms with E-state index in [1.54, 1.807) is 7.05 Å². The summed E-state index contributed by atoms with van der Waals surface area (Å²) in [5.41, 5.74) is 0.345. The highest BCUT2D eigenvalue weighted by Crippen LogP contribution is 2.18. The summed E-state index contributed by atoms with van der Waals surface area (Å²) in [6.07, 6.45) is 0. The Labute approximate surface area is 115 Å². The van der Waals surface area contributed by atoms with Gasteiger partial charge >= 0.3 is 0 Å². The second-order valence-corrected chi connectivity index (χ2v) is 4.71. The van der Waals surface area contributed by atoms with Crippen LogP contribution in [-0.2, 0) is 6.54 Å². The molecular formula is C14H13ClFNO2. The van der Waals surface area contributed by atoms with E-state index < -0.39 is 5.82 Å². The van der Waals surface area contributed by atoms with E-state index in [0.717, 1.165) is 5.76 Å². The molecule has 2 aromatic rings. The Morgan fingerprint density at radius 1 is 1.37 bits per heavy atom. The third-order valence-corrected chi connectivity index (χ3v) is 2.99. The average Bonchev–Trinajstić information content (AvgIpc) is 2.77. The number of hydrogen-bond acceptors (Lipinski definition) is 2. The van der Waals surface area contributed by atoms with Gasteiger partial charge in [-0.2, -0.15) is 0 Å². The minimum Gasteiger partial charge on any atom is -0.464 e.